The van der Waals surface area contributed by atoms with E-state index in [0.717, 1.165) is 13.2 Å². The zero-order valence-electron chi connectivity index (χ0n) is 17.4. The van der Waals surface area contributed by atoms with Crippen LogP contribution in [0.1, 0.15) is 24.3 Å². The normalized spacial score (nSPS) is 12.2. The van der Waals surface area contributed by atoms with Gasteiger partial charge in [0.2, 0.25) is 5.91 Å². The molecule has 0 aliphatic heterocycles. The highest BCUT2D eigenvalue weighted by Gasteiger charge is 2.23. The van der Waals surface area contributed by atoms with Gasteiger partial charge in [-0.3, -0.25) is 19.7 Å². The van der Waals surface area contributed by atoms with E-state index in [1.54, 1.807) is 0 Å². The van der Waals surface area contributed by atoms with Crippen LogP contribution in [0, 0.1) is 10.1 Å². The number of amides is 2. The highest BCUT2D eigenvalue weighted by Crippen LogP contribution is 2.21. The van der Waals surface area contributed by atoms with E-state index in [1.165, 1.54) is 43.3 Å². The van der Waals surface area contributed by atoms with Gasteiger partial charge in [0, 0.05) is 24.7 Å². The number of nitro benzene ring substituents is 1. The Labute approximate surface area is 185 Å². The maximum Gasteiger partial charge on any atom is 0.427 e. The number of fused-ring (bicyclic) bond motifs is 1. The van der Waals surface area contributed by atoms with Gasteiger partial charge >= 0.3 is 6.09 Å². The number of non-ortho nitro benzene ring substituents is 1. The Balaban J connectivity index is 2.07. The number of anilines is 1. The SMILES string of the molecule is COC(=O)N/N=C(\c1nc2ccc([N+](=O)[O-])cc2[nH]c1=O)[C@H](O)c1ccc(NC(C)=O)cc1. The van der Waals surface area contributed by atoms with Crippen LogP contribution in [0.5, 0.6) is 0 Å². The topological polar surface area (TPSA) is 189 Å². The zero-order chi connectivity index (χ0) is 24.1. The minimum Gasteiger partial charge on any atom is -0.452 e. The van der Waals surface area contributed by atoms with E-state index in [0.29, 0.717) is 5.69 Å². The Morgan fingerprint density at radius 3 is 2.55 bits per heavy atom. The zero-order valence-corrected chi connectivity index (χ0v) is 17.4. The number of nitrogens with zero attached hydrogens (tertiary/aromatic N) is 3. The van der Waals surface area contributed by atoms with E-state index >= 15 is 0 Å². The Bertz CT molecular complexity index is 1320. The summed E-state index contributed by atoms with van der Waals surface area (Å²) in [6.07, 6.45) is -2.47. The molecule has 3 aromatic rings. The molecule has 13 heteroatoms. The number of rotatable bonds is 6. The fourth-order valence-corrected chi connectivity index (χ4v) is 2.87. The van der Waals surface area contributed by atoms with Gasteiger partial charge in [-0.25, -0.2) is 15.2 Å². The summed E-state index contributed by atoms with van der Waals surface area (Å²) >= 11 is 0. The van der Waals surface area contributed by atoms with Gasteiger partial charge in [-0.1, -0.05) is 12.1 Å². The number of nitrogens with one attached hydrogen (secondary N) is 3. The number of methoxy groups -OCH3 is 1. The van der Waals surface area contributed by atoms with Gasteiger partial charge < -0.3 is 20.1 Å². The van der Waals surface area contributed by atoms with Crippen LogP contribution >= 0.6 is 0 Å². The second-order valence-corrected chi connectivity index (χ2v) is 6.68. The second-order valence-electron chi connectivity index (χ2n) is 6.68. The molecule has 2 aromatic carbocycles. The molecule has 1 heterocycles. The van der Waals surface area contributed by atoms with Crippen LogP contribution in [-0.2, 0) is 9.53 Å². The second kappa shape index (κ2) is 9.65. The third-order valence-corrected chi connectivity index (χ3v) is 4.39. The van der Waals surface area contributed by atoms with Crippen molar-refractivity contribution in [1.29, 1.82) is 0 Å². The lowest BCUT2D eigenvalue weighted by Gasteiger charge is -2.14. The van der Waals surface area contributed by atoms with Crippen molar-refractivity contribution in [2.24, 2.45) is 5.10 Å². The van der Waals surface area contributed by atoms with Crippen molar-refractivity contribution < 1.29 is 24.4 Å². The fraction of sp³-hybridized carbons (Fsp3) is 0.150. The maximum atomic E-state index is 12.7. The predicted octanol–water partition coefficient (Wildman–Crippen LogP) is 1.58. The van der Waals surface area contributed by atoms with Gasteiger partial charge in [0.05, 0.1) is 23.1 Å². The summed E-state index contributed by atoms with van der Waals surface area (Å²) in [7, 11) is 1.11. The van der Waals surface area contributed by atoms with E-state index in [9.17, 15) is 29.6 Å². The van der Waals surface area contributed by atoms with Crippen LogP contribution < -0.4 is 16.3 Å². The van der Waals surface area contributed by atoms with Crippen LogP contribution in [-0.4, -0.2) is 44.8 Å². The first-order chi connectivity index (χ1) is 15.7. The van der Waals surface area contributed by atoms with E-state index in [1.807, 2.05) is 5.43 Å². The molecule has 0 bridgehead atoms. The first kappa shape index (κ1) is 23.0. The van der Waals surface area contributed by atoms with Gasteiger partial charge in [0.15, 0.2) is 5.69 Å². The number of carbonyl (C=O) groups excluding carboxylic acids is 2. The van der Waals surface area contributed by atoms with Gasteiger partial charge in [-0.15, -0.1) is 0 Å². The summed E-state index contributed by atoms with van der Waals surface area (Å²) in [5.74, 6) is -0.278. The lowest BCUT2D eigenvalue weighted by atomic mass is 10.0. The number of H-pyrrole nitrogens is 1. The molecular formula is C20H18N6O7. The van der Waals surface area contributed by atoms with Crippen molar-refractivity contribution in [2.75, 3.05) is 12.4 Å². The summed E-state index contributed by atoms with van der Waals surface area (Å²) in [6.45, 7) is 1.35. The minimum atomic E-state index is -1.52. The van der Waals surface area contributed by atoms with Crippen molar-refractivity contribution in [1.82, 2.24) is 15.4 Å². The monoisotopic (exact) mass is 454 g/mol. The number of hydrogen-bond acceptors (Lipinski definition) is 9. The highest BCUT2D eigenvalue weighted by atomic mass is 16.6. The number of ether oxygens (including phenoxy) is 1. The molecule has 33 heavy (non-hydrogen) atoms. The third-order valence-electron chi connectivity index (χ3n) is 4.39. The molecule has 0 unspecified atom stereocenters. The van der Waals surface area contributed by atoms with Gasteiger partial charge in [-0.05, 0) is 23.8 Å². The maximum absolute atomic E-state index is 12.7. The lowest BCUT2D eigenvalue weighted by Crippen LogP contribution is -2.29. The lowest BCUT2D eigenvalue weighted by molar-refractivity contribution is -0.384. The Morgan fingerprint density at radius 2 is 1.94 bits per heavy atom. The quantitative estimate of drug-likeness (QED) is 0.245. The number of nitro groups is 1. The van der Waals surface area contributed by atoms with Crippen LogP contribution in [0.4, 0.5) is 16.2 Å². The van der Waals surface area contributed by atoms with Crippen LogP contribution in [0.25, 0.3) is 11.0 Å². The molecule has 13 nitrogen and oxygen atoms in total. The molecule has 0 spiro atoms. The molecule has 0 aliphatic rings. The number of aromatic nitrogens is 2. The van der Waals surface area contributed by atoms with E-state index in [4.69, 9.17) is 0 Å². The molecular weight excluding hydrogens is 436 g/mol. The number of hydrazone groups is 1. The Kier molecular flexibility index (Phi) is 6.74. The van der Waals surface area contributed by atoms with Gasteiger partial charge in [0.25, 0.3) is 11.2 Å². The number of aliphatic hydroxyl groups is 1. The predicted molar refractivity (Wildman–Crippen MR) is 117 cm³/mol. The third kappa shape index (κ3) is 5.34. The minimum absolute atomic E-state index is 0.104. The largest absolute Gasteiger partial charge is 0.452 e. The number of hydrogen-bond donors (Lipinski definition) is 4. The molecule has 3 rings (SSSR count). The van der Waals surface area contributed by atoms with Crippen molar-refractivity contribution in [3.05, 3.63) is 74.2 Å². The first-order valence-corrected chi connectivity index (χ1v) is 9.35. The van der Waals surface area contributed by atoms with Crippen LogP contribution in [0.2, 0.25) is 0 Å². The van der Waals surface area contributed by atoms with Gasteiger partial charge in [-0.2, -0.15) is 5.10 Å². The summed E-state index contributed by atoms with van der Waals surface area (Å²) in [4.78, 5) is 52.4. The van der Waals surface area contributed by atoms with Gasteiger partial charge in [0.1, 0.15) is 11.8 Å². The van der Waals surface area contributed by atoms with Crippen LogP contribution in [0.15, 0.2) is 52.4 Å². The molecule has 1 aromatic heterocycles. The molecule has 0 fully saturated rings. The molecule has 0 saturated carbocycles. The number of aromatic amines is 1. The van der Waals surface area contributed by atoms with E-state index < -0.39 is 22.7 Å². The Morgan fingerprint density at radius 1 is 1.24 bits per heavy atom. The number of carbonyl (C=O) groups is 2. The fourth-order valence-electron chi connectivity index (χ4n) is 2.87. The molecule has 0 radical (unpaired) electrons. The molecule has 0 saturated heterocycles. The molecule has 2 amide bonds. The first-order valence-electron chi connectivity index (χ1n) is 9.35. The molecule has 0 aliphatic carbocycles. The average molecular weight is 454 g/mol. The van der Waals surface area contributed by atoms with Crippen molar-refractivity contribution in [3.63, 3.8) is 0 Å². The van der Waals surface area contributed by atoms with Crippen molar-refractivity contribution >= 4 is 40.1 Å². The summed E-state index contributed by atoms with van der Waals surface area (Å²) < 4.78 is 4.46. The van der Waals surface area contributed by atoms with Crippen molar-refractivity contribution in [3.8, 4) is 0 Å². The number of aliphatic hydroxyl groups excluding tert-OH is 1. The summed E-state index contributed by atoms with van der Waals surface area (Å²) in [5, 5.41) is 28.3. The Hall–Kier alpha value is -4.65. The summed E-state index contributed by atoms with van der Waals surface area (Å²) in [5.41, 5.74) is 1.41. The molecule has 4 N–H and O–H groups in total. The van der Waals surface area contributed by atoms with Crippen LogP contribution in [0.3, 0.4) is 0 Å². The average Bonchev–Trinajstić information content (AvgIpc) is 2.78. The van der Waals surface area contributed by atoms with E-state index in [2.05, 4.69) is 25.1 Å². The smallest absolute Gasteiger partial charge is 0.427 e. The highest BCUT2D eigenvalue weighted by molar-refractivity contribution is 6.03. The number of benzene rings is 2. The standard InChI is InChI=1S/C20H18N6O7/c1-10(27)21-12-5-3-11(4-6-12)18(28)16(24-25-20(30)33-2)17-19(29)23-15-9-13(26(31)32)7-8-14(15)22-17/h3-9,18,28H,1-2H3,(H,21,27)(H,23,29)(H,25,30)/b24-16+/t18-/m1/s1. The van der Waals surface area contributed by atoms with Crippen molar-refractivity contribution in [2.45, 2.75) is 13.0 Å². The molecule has 170 valence electrons. The van der Waals surface area contributed by atoms with E-state index in [-0.39, 0.29) is 39.6 Å². The molecule has 1 atom stereocenters. The summed E-state index contributed by atoms with van der Waals surface area (Å²) in [6, 6.07) is 9.72.